The van der Waals surface area contributed by atoms with Gasteiger partial charge in [0.05, 0.1) is 17.8 Å². The second-order valence-corrected chi connectivity index (χ2v) is 8.28. The summed E-state index contributed by atoms with van der Waals surface area (Å²) in [4.78, 5) is 43.6. The average molecular weight is 438 g/mol. The SMILES string of the molecule is CCC(C)C(NC(=O)c1ccccc1)C(=O)Nc1ccc(N2CCCC(C(N)=O)C2)nc1. The number of aromatic nitrogens is 1. The highest BCUT2D eigenvalue weighted by Gasteiger charge is 2.27. The molecule has 32 heavy (non-hydrogen) atoms. The highest BCUT2D eigenvalue weighted by atomic mass is 16.2. The summed E-state index contributed by atoms with van der Waals surface area (Å²) in [5, 5.41) is 5.72. The molecule has 170 valence electrons. The minimum Gasteiger partial charge on any atom is -0.369 e. The summed E-state index contributed by atoms with van der Waals surface area (Å²) in [5.41, 5.74) is 6.51. The summed E-state index contributed by atoms with van der Waals surface area (Å²) in [6.45, 7) is 5.27. The van der Waals surface area contributed by atoms with E-state index in [1.54, 1.807) is 36.5 Å². The van der Waals surface area contributed by atoms with E-state index in [-0.39, 0.29) is 29.6 Å². The van der Waals surface area contributed by atoms with Crippen molar-refractivity contribution in [3.63, 3.8) is 0 Å². The molecule has 1 saturated heterocycles. The Bertz CT molecular complexity index is 932. The van der Waals surface area contributed by atoms with E-state index in [2.05, 4.69) is 15.6 Å². The van der Waals surface area contributed by atoms with E-state index in [1.807, 2.05) is 30.9 Å². The zero-order chi connectivity index (χ0) is 23.1. The predicted molar refractivity (Wildman–Crippen MR) is 124 cm³/mol. The van der Waals surface area contributed by atoms with Gasteiger partial charge in [-0.1, -0.05) is 38.5 Å². The van der Waals surface area contributed by atoms with Gasteiger partial charge in [-0.15, -0.1) is 0 Å². The fraction of sp³-hybridized carbons (Fsp3) is 0.417. The lowest BCUT2D eigenvalue weighted by molar-refractivity contribution is -0.122. The molecule has 8 heteroatoms. The molecule has 8 nitrogen and oxygen atoms in total. The quantitative estimate of drug-likeness (QED) is 0.587. The number of amides is 3. The van der Waals surface area contributed by atoms with Crippen molar-refractivity contribution in [2.24, 2.45) is 17.6 Å². The van der Waals surface area contributed by atoms with Crippen LogP contribution in [0.3, 0.4) is 0 Å². The number of anilines is 2. The number of benzene rings is 1. The number of nitrogens with zero attached hydrogens (tertiary/aromatic N) is 2. The van der Waals surface area contributed by atoms with Gasteiger partial charge in [-0.3, -0.25) is 14.4 Å². The number of nitrogens with one attached hydrogen (secondary N) is 2. The maximum Gasteiger partial charge on any atom is 0.251 e. The Morgan fingerprint density at radius 2 is 1.94 bits per heavy atom. The van der Waals surface area contributed by atoms with Gasteiger partial charge >= 0.3 is 0 Å². The van der Waals surface area contributed by atoms with Crippen molar-refractivity contribution in [1.29, 1.82) is 0 Å². The van der Waals surface area contributed by atoms with E-state index in [1.165, 1.54) is 0 Å². The molecule has 1 aromatic carbocycles. The molecular weight excluding hydrogens is 406 g/mol. The largest absolute Gasteiger partial charge is 0.369 e. The van der Waals surface area contributed by atoms with Crippen LogP contribution in [-0.2, 0) is 9.59 Å². The Kier molecular flexibility index (Phi) is 7.81. The topological polar surface area (TPSA) is 117 Å². The summed E-state index contributed by atoms with van der Waals surface area (Å²) in [6, 6.07) is 11.8. The highest BCUT2D eigenvalue weighted by molar-refractivity contribution is 6.01. The number of pyridine rings is 1. The molecule has 3 unspecified atom stereocenters. The molecule has 1 aromatic heterocycles. The van der Waals surface area contributed by atoms with Crippen LogP contribution in [-0.4, -0.2) is 41.8 Å². The summed E-state index contributed by atoms with van der Waals surface area (Å²) in [5.74, 6) is -0.334. The summed E-state index contributed by atoms with van der Waals surface area (Å²) in [6.07, 6.45) is 4.01. The van der Waals surface area contributed by atoms with E-state index in [0.717, 1.165) is 31.6 Å². The first kappa shape index (κ1) is 23.2. The Morgan fingerprint density at radius 3 is 2.56 bits per heavy atom. The van der Waals surface area contributed by atoms with Crippen molar-refractivity contribution < 1.29 is 14.4 Å². The number of carbonyl (C=O) groups is 3. The first-order valence-electron chi connectivity index (χ1n) is 11.1. The zero-order valence-electron chi connectivity index (χ0n) is 18.6. The van der Waals surface area contributed by atoms with Gasteiger partial charge in [0.1, 0.15) is 11.9 Å². The third-order valence-electron chi connectivity index (χ3n) is 5.98. The van der Waals surface area contributed by atoms with Crippen LogP contribution in [0.25, 0.3) is 0 Å². The van der Waals surface area contributed by atoms with E-state index in [4.69, 9.17) is 5.73 Å². The number of rotatable bonds is 8. The fourth-order valence-electron chi connectivity index (χ4n) is 3.80. The van der Waals surface area contributed by atoms with Crippen molar-refractivity contribution in [1.82, 2.24) is 10.3 Å². The molecule has 0 saturated carbocycles. The van der Waals surface area contributed by atoms with Gasteiger partial charge in [0.2, 0.25) is 11.8 Å². The van der Waals surface area contributed by atoms with Gasteiger partial charge in [0.25, 0.3) is 5.91 Å². The smallest absolute Gasteiger partial charge is 0.251 e. The molecule has 1 aliphatic heterocycles. The maximum atomic E-state index is 13.0. The third kappa shape index (κ3) is 5.84. The van der Waals surface area contributed by atoms with Gasteiger partial charge in [-0.2, -0.15) is 0 Å². The zero-order valence-corrected chi connectivity index (χ0v) is 18.6. The van der Waals surface area contributed by atoms with Crippen molar-refractivity contribution in [3.8, 4) is 0 Å². The van der Waals surface area contributed by atoms with Crippen molar-refractivity contribution in [2.75, 3.05) is 23.3 Å². The van der Waals surface area contributed by atoms with Gasteiger partial charge in [-0.25, -0.2) is 4.98 Å². The Morgan fingerprint density at radius 1 is 1.19 bits per heavy atom. The molecular formula is C24H31N5O3. The van der Waals surface area contributed by atoms with Crippen LogP contribution in [0.15, 0.2) is 48.7 Å². The predicted octanol–water partition coefficient (Wildman–Crippen LogP) is 2.57. The lowest BCUT2D eigenvalue weighted by atomic mass is 9.97. The summed E-state index contributed by atoms with van der Waals surface area (Å²) >= 11 is 0. The second kappa shape index (κ2) is 10.7. The molecule has 0 spiro atoms. The Hall–Kier alpha value is -3.42. The molecule has 1 aliphatic rings. The molecule has 0 bridgehead atoms. The van der Waals surface area contributed by atoms with E-state index in [9.17, 15) is 14.4 Å². The van der Waals surface area contributed by atoms with Crippen LogP contribution in [0.4, 0.5) is 11.5 Å². The number of hydrogen-bond donors (Lipinski definition) is 3. The maximum absolute atomic E-state index is 13.0. The minimum atomic E-state index is -0.675. The summed E-state index contributed by atoms with van der Waals surface area (Å²) in [7, 11) is 0. The Balaban J connectivity index is 1.65. The highest BCUT2D eigenvalue weighted by Crippen LogP contribution is 2.22. The number of piperidine rings is 1. The molecule has 3 atom stereocenters. The van der Waals surface area contributed by atoms with Gasteiger partial charge in [-0.05, 0) is 43.0 Å². The van der Waals surface area contributed by atoms with Crippen LogP contribution in [0, 0.1) is 11.8 Å². The molecule has 2 heterocycles. The third-order valence-corrected chi connectivity index (χ3v) is 5.98. The number of hydrogen-bond acceptors (Lipinski definition) is 5. The van der Waals surface area contributed by atoms with Crippen LogP contribution >= 0.6 is 0 Å². The first-order valence-corrected chi connectivity index (χ1v) is 11.1. The molecule has 3 amide bonds. The lowest BCUT2D eigenvalue weighted by Crippen LogP contribution is -2.47. The summed E-state index contributed by atoms with van der Waals surface area (Å²) < 4.78 is 0. The van der Waals surface area contributed by atoms with Crippen molar-refractivity contribution in [2.45, 2.75) is 39.2 Å². The number of nitrogens with two attached hydrogens (primary N) is 1. The van der Waals surface area contributed by atoms with Crippen molar-refractivity contribution in [3.05, 3.63) is 54.2 Å². The molecule has 2 aromatic rings. The Labute approximate surface area is 188 Å². The minimum absolute atomic E-state index is 0.0472. The average Bonchev–Trinajstić information content (AvgIpc) is 2.83. The molecule has 1 fully saturated rings. The van der Waals surface area contributed by atoms with Gasteiger partial charge in [0.15, 0.2) is 0 Å². The molecule has 3 rings (SSSR count). The second-order valence-electron chi connectivity index (χ2n) is 8.28. The standard InChI is InChI=1S/C24H31N5O3/c1-3-16(2)21(28-23(31)17-8-5-4-6-9-17)24(32)27-19-11-12-20(26-14-19)29-13-7-10-18(15-29)22(25)30/h4-6,8-9,11-12,14,16,18,21H,3,7,10,13,15H2,1-2H3,(H2,25,30)(H,27,32)(H,28,31). The monoisotopic (exact) mass is 437 g/mol. The first-order chi connectivity index (χ1) is 15.4. The lowest BCUT2D eigenvalue weighted by Gasteiger charge is -2.32. The van der Waals surface area contributed by atoms with Crippen LogP contribution < -0.4 is 21.3 Å². The molecule has 4 N–H and O–H groups in total. The van der Waals surface area contributed by atoms with Gasteiger partial charge in [0, 0.05) is 18.7 Å². The number of primary amides is 1. The van der Waals surface area contributed by atoms with Crippen molar-refractivity contribution >= 4 is 29.2 Å². The number of carbonyl (C=O) groups excluding carboxylic acids is 3. The fourth-order valence-corrected chi connectivity index (χ4v) is 3.80. The molecule has 0 radical (unpaired) electrons. The van der Waals surface area contributed by atoms with Crippen LogP contribution in [0.2, 0.25) is 0 Å². The van der Waals surface area contributed by atoms with E-state index >= 15 is 0 Å². The van der Waals surface area contributed by atoms with Gasteiger partial charge < -0.3 is 21.3 Å². The molecule has 0 aliphatic carbocycles. The van der Waals surface area contributed by atoms with Crippen LogP contribution in [0.5, 0.6) is 0 Å². The normalized spacial score (nSPS) is 17.8. The van der Waals surface area contributed by atoms with E-state index < -0.39 is 6.04 Å². The van der Waals surface area contributed by atoms with Crippen LogP contribution in [0.1, 0.15) is 43.5 Å². The van der Waals surface area contributed by atoms with E-state index in [0.29, 0.717) is 17.8 Å².